The van der Waals surface area contributed by atoms with Gasteiger partial charge in [-0.25, -0.2) is 10.4 Å². The minimum atomic E-state index is -4.33. The van der Waals surface area contributed by atoms with Crippen molar-refractivity contribution in [1.29, 1.82) is 0 Å². The van der Waals surface area contributed by atoms with E-state index in [-0.39, 0.29) is 6.10 Å². The van der Waals surface area contributed by atoms with E-state index in [1.165, 1.54) is 6.07 Å². The highest BCUT2D eigenvalue weighted by molar-refractivity contribution is 5.16. The van der Waals surface area contributed by atoms with Gasteiger partial charge in [0.2, 0.25) is 0 Å². The maximum Gasteiger partial charge on any atom is 0.417 e. The Morgan fingerprint density at radius 1 is 1.42 bits per heavy atom. The Bertz CT molecular complexity index is 449. The van der Waals surface area contributed by atoms with Crippen LogP contribution in [-0.2, 0) is 17.5 Å². The Morgan fingerprint density at radius 3 is 2.79 bits per heavy atom. The fraction of sp³-hybridized carbons (Fsp3) is 0.583. The molecule has 7 heteroatoms. The topological polar surface area (TPSA) is 37.4 Å². The van der Waals surface area contributed by atoms with Crippen LogP contribution >= 0.6 is 0 Å². The summed E-state index contributed by atoms with van der Waals surface area (Å²) in [4.78, 5) is 3.83. The molecule has 1 N–H and O–H groups in total. The average molecular weight is 273 g/mol. The maximum atomic E-state index is 12.4. The lowest BCUT2D eigenvalue weighted by Gasteiger charge is -2.27. The monoisotopic (exact) mass is 273 g/mol. The van der Waals surface area contributed by atoms with E-state index in [1.54, 1.807) is 0 Å². The molecule has 0 aromatic carbocycles. The van der Waals surface area contributed by atoms with Crippen molar-refractivity contribution in [3.05, 3.63) is 29.6 Å². The lowest BCUT2D eigenvalue weighted by molar-refractivity contribution is -0.137. The van der Waals surface area contributed by atoms with E-state index in [0.717, 1.165) is 31.8 Å². The van der Waals surface area contributed by atoms with Crippen molar-refractivity contribution in [2.45, 2.75) is 31.3 Å². The van der Waals surface area contributed by atoms with Gasteiger partial charge < -0.3 is 4.74 Å². The molecule has 3 rings (SSSR count). The van der Waals surface area contributed by atoms with Crippen LogP contribution in [0.2, 0.25) is 0 Å². The van der Waals surface area contributed by atoms with Crippen molar-refractivity contribution in [3.8, 4) is 0 Å². The van der Waals surface area contributed by atoms with Crippen molar-refractivity contribution in [1.82, 2.24) is 15.4 Å². The van der Waals surface area contributed by atoms with Gasteiger partial charge >= 0.3 is 6.18 Å². The molecule has 0 amide bonds. The molecule has 2 aliphatic heterocycles. The smallest absolute Gasteiger partial charge is 0.375 e. The van der Waals surface area contributed by atoms with E-state index in [9.17, 15) is 13.2 Å². The summed E-state index contributed by atoms with van der Waals surface area (Å²) in [5, 5.41) is 2.09. The Morgan fingerprint density at radius 2 is 2.26 bits per heavy atom. The molecule has 1 aromatic heterocycles. The summed E-state index contributed by atoms with van der Waals surface area (Å²) < 4.78 is 42.6. The third-order valence-electron chi connectivity index (χ3n) is 3.52. The van der Waals surface area contributed by atoms with Crippen LogP contribution in [0.25, 0.3) is 0 Å². The van der Waals surface area contributed by atoms with Gasteiger partial charge in [0.15, 0.2) is 0 Å². The lowest BCUT2D eigenvalue weighted by atomic mass is 10.2. The van der Waals surface area contributed by atoms with Crippen LogP contribution < -0.4 is 5.43 Å². The van der Waals surface area contributed by atoms with Crippen LogP contribution in [-0.4, -0.2) is 35.3 Å². The van der Waals surface area contributed by atoms with E-state index >= 15 is 0 Å². The number of alkyl halides is 3. The molecular formula is C12H14F3N3O. The van der Waals surface area contributed by atoms with Crippen LogP contribution in [0, 0.1) is 0 Å². The Hall–Kier alpha value is -1.18. The molecule has 2 bridgehead atoms. The number of hydrogen-bond donors (Lipinski definition) is 1. The van der Waals surface area contributed by atoms with Gasteiger partial charge in [-0.1, -0.05) is 0 Å². The molecule has 0 unspecified atom stereocenters. The van der Waals surface area contributed by atoms with Gasteiger partial charge in [0.25, 0.3) is 0 Å². The van der Waals surface area contributed by atoms with Gasteiger partial charge in [0.05, 0.1) is 36.6 Å². The highest BCUT2D eigenvalue weighted by Crippen LogP contribution is 2.28. The second-order valence-corrected chi connectivity index (χ2v) is 4.87. The molecule has 0 aliphatic carbocycles. The van der Waals surface area contributed by atoms with Crippen LogP contribution in [0.1, 0.15) is 17.7 Å². The minimum Gasteiger partial charge on any atom is -0.375 e. The molecule has 2 aliphatic rings. The summed E-state index contributed by atoms with van der Waals surface area (Å²) in [7, 11) is 0. The predicted molar refractivity (Wildman–Crippen MR) is 60.9 cm³/mol. The van der Waals surface area contributed by atoms with Crippen LogP contribution in [0.4, 0.5) is 13.2 Å². The zero-order valence-corrected chi connectivity index (χ0v) is 10.2. The number of rotatable bonds is 3. The Kier molecular flexibility index (Phi) is 3.20. The van der Waals surface area contributed by atoms with Crippen LogP contribution in [0.15, 0.2) is 18.3 Å². The number of nitrogens with zero attached hydrogens (tertiary/aromatic N) is 2. The highest BCUT2D eigenvalue weighted by atomic mass is 19.4. The van der Waals surface area contributed by atoms with Crippen molar-refractivity contribution >= 4 is 0 Å². The first-order valence-electron chi connectivity index (χ1n) is 6.16. The van der Waals surface area contributed by atoms with E-state index < -0.39 is 11.7 Å². The Labute approximate surface area is 108 Å². The standard InChI is InChI=1S/C12H14F3N3O/c13-12(14,15)8-1-2-9(16-4-8)5-17-18-6-11-3-10(18)7-19-11/h1-2,4,10-11,17H,3,5-7H2/t10-,11-/m0/s1. The van der Waals surface area contributed by atoms with Crippen molar-refractivity contribution in [3.63, 3.8) is 0 Å². The predicted octanol–water partition coefficient (Wildman–Crippen LogP) is 1.58. The van der Waals surface area contributed by atoms with Crippen LogP contribution in [0.3, 0.4) is 0 Å². The van der Waals surface area contributed by atoms with E-state index in [4.69, 9.17) is 4.74 Å². The largest absolute Gasteiger partial charge is 0.417 e. The molecule has 2 saturated heterocycles. The summed E-state index contributed by atoms with van der Waals surface area (Å²) in [6.45, 7) is 1.98. The molecule has 19 heavy (non-hydrogen) atoms. The van der Waals surface area contributed by atoms with E-state index in [2.05, 4.69) is 15.4 Å². The van der Waals surface area contributed by atoms with Gasteiger partial charge in [-0.2, -0.15) is 13.2 Å². The molecule has 1 aromatic rings. The second kappa shape index (κ2) is 4.73. The molecule has 2 fully saturated rings. The van der Waals surface area contributed by atoms with Crippen molar-refractivity contribution in [2.24, 2.45) is 0 Å². The fourth-order valence-electron chi connectivity index (χ4n) is 2.47. The maximum absolute atomic E-state index is 12.4. The van der Waals surface area contributed by atoms with E-state index in [1.807, 2.05) is 0 Å². The number of pyridine rings is 1. The molecular weight excluding hydrogens is 259 g/mol. The number of halogens is 3. The first-order chi connectivity index (χ1) is 9.02. The minimum absolute atomic E-state index is 0.290. The number of nitrogens with one attached hydrogen (secondary N) is 1. The van der Waals surface area contributed by atoms with Gasteiger partial charge in [-0.3, -0.25) is 4.98 Å². The highest BCUT2D eigenvalue weighted by Gasteiger charge is 2.38. The summed E-state index contributed by atoms with van der Waals surface area (Å²) in [5.41, 5.74) is 3.07. The molecule has 0 spiro atoms. The van der Waals surface area contributed by atoms with Gasteiger partial charge in [0, 0.05) is 12.7 Å². The molecule has 0 radical (unpaired) electrons. The third-order valence-corrected chi connectivity index (χ3v) is 3.52. The second-order valence-electron chi connectivity index (χ2n) is 4.87. The molecule has 0 saturated carbocycles. The number of morpholine rings is 1. The van der Waals surface area contributed by atoms with E-state index in [0.29, 0.717) is 18.3 Å². The quantitative estimate of drug-likeness (QED) is 0.907. The normalized spacial score (nSPS) is 27.1. The summed E-state index contributed by atoms with van der Waals surface area (Å²) in [5.74, 6) is 0. The number of ether oxygens (including phenoxy) is 1. The lowest BCUT2D eigenvalue weighted by Crippen LogP contribution is -2.46. The fourth-order valence-corrected chi connectivity index (χ4v) is 2.47. The molecule has 2 atom stereocenters. The van der Waals surface area contributed by atoms with Gasteiger partial charge in [0.1, 0.15) is 0 Å². The SMILES string of the molecule is FC(F)(F)c1ccc(CNN2C[C@@H]3C[C@H]2CO3)nc1. The van der Waals surface area contributed by atoms with Gasteiger partial charge in [-0.05, 0) is 18.6 Å². The average Bonchev–Trinajstić information content (AvgIpc) is 2.98. The summed E-state index contributed by atoms with van der Waals surface area (Å²) in [6.07, 6.45) is -2.15. The van der Waals surface area contributed by atoms with Crippen molar-refractivity contribution < 1.29 is 17.9 Å². The first kappa shape index (κ1) is 12.8. The number of hydrogen-bond acceptors (Lipinski definition) is 4. The number of fused-ring (bicyclic) bond motifs is 2. The molecule has 104 valence electrons. The first-order valence-corrected chi connectivity index (χ1v) is 6.16. The zero-order chi connectivity index (χ0) is 13.5. The Balaban J connectivity index is 1.56. The number of hydrazine groups is 1. The molecule has 4 nitrogen and oxygen atoms in total. The molecule has 3 heterocycles. The third kappa shape index (κ3) is 2.72. The summed E-state index contributed by atoms with van der Waals surface area (Å²) >= 11 is 0. The van der Waals surface area contributed by atoms with Crippen molar-refractivity contribution in [2.75, 3.05) is 13.2 Å². The van der Waals surface area contributed by atoms with Crippen LogP contribution in [0.5, 0.6) is 0 Å². The number of aromatic nitrogens is 1. The zero-order valence-electron chi connectivity index (χ0n) is 10.2. The summed E-state index contributed by atoms with van der Waals surface area (Å²) in [6, 6.07) is 2.84. The van der Waals surface area contributed by atoms with Gasteiger partial charge in [-0.15, -0.1) is 0 Å².